The van der Waals surface area contributed by atoms with Crippen LogP contribution >= 0.6 is 11.8 Å². The van der Waals surface area contributed by atoms with E-state index in [4.69, 9.17) is 10.8 Å². The summed E-state index contributed by atoms with van der Waals surface area (Å²) < 4.78 is 0. The lowest BCUT2D eigenvalue weighted by Gasteiger charge is -2.11. The van der Waals surface area contributed by atoms with Crippen molar-refractivity contribution < 1.29 is 19.5 Å². The highest BCUT2D eigenvalue weighted by Gasteiger charge is 2.17. The largest absolute Gasteiger partial charge is 0.480 e. The maximum Gasteiger partial charge on any atom is 0.325 e. The van der Waals surface area contributed by atoms with Gasteiger partial charge in [0.2, 0.25) is 5.91 Å². The Kier molecular flexibility index (Phi) is 5.37. The molecule has 0 bridgehead atoms. The van der Waals surface area contributed by atoms with Gasteiger partial charge in [0.25, 0.3) is 5.91 Å². The van der Waals surface area contributed by atoms with E-state index in [0.717, 1.165) is 11.8 Å². The molecule has 0 saturated carbocycles. The summed E-state index contributed by atoms with van der Waals surface area (Å²) in [4.78, 5) is 33.9. The van der Waals surface area contributed by atoms with Gasteiger partial charge in [-0.25, -0.2) is 0 Å². The molecule has 0 saturated heterocycles. The summed E-state index contributed by atoms with van der Waals surface area (Å²) >= 11 is 1.14. The summed E-state index contributed by atoms with van der Waals surface area (Å²) in [6.45, 7) is 1.37. The molecule has 0 aromatic heterocycles. The van der Waals surface area contributed by atoms with Crippen LogP contribution in [0.25, 0.3) is 0 Å². The normalized spacial score (nSPS) is 11.6. The van der Waals surface area contributed by atoms with Crippen molar-refractivity contribution in [3.63, 3.8) is 0 Å². The van der Waals surface area contributed by atoms with E-state index in [0.29, 0.717) is 10.5 Å². The Balaban J connectivity index is 2.84. The standard InChI is InChI=1S/C12H14N2O4S/c1-7(12(17)18)14-11(16)8-4-2-3-5-9(8)19-6-10(13)15/h2-5,7H,6H2,1H3,(H2,13,15)(H,14,16)(H,17,18)/t7-/m1/s1. The summed E-state index contributed by atoms with van der Waals surface area (Å²) in [5.41, 5.74) is 5.37. The van der Waals surface area contributed by atoms with Crippen molar-refractivity contribution in [1.29, 1.82) is 0 Å². The predicted molar refractivity (Wildman–Crippen MR) is 70.9 cm³/mol. The van der Waals surface area contributed by atoms with Gasteiger partial charge >= 0.3 is 5.97 Å². The summed E-state index contributed by atoms with van der Waals surface area (Å²) in [7, 11) is 0. The number of nitrogens with two attached hydrogens (primary N) is 1. The molecule has 7 heteroatoms. The van der Waals surface area contributed by atoms with Crippen LogP contribution in [0.3, 0.4) is 0 Å². The molecule has 19 heavy (non-hydrogen) atoms. The van der Waals surface area contributed by atoms with Crippen LogP contribution in [0, 0.1) is 0 Å². The van der Waals surface area contributed by atoms with E-state index in [1.807, 2.05) is 0 Å². The van der Waals surface area contributed by atoms with Crippen LogP contribution in [0.4, 0.5) is 0 Å². The third-order valence-electron chi connectivity index (χ3n) is 2.22. The van der Waals surface area contributed by atoms with E-state index in [1.165, 1.54) is 6.92 Å². The average Bonchev–Trinajstić information content (AvgIpc) is 2.36. The Morgan fingerprint density at radius 3 is 2.58 bits per heavy atom. The number of carbonyl (C=O) groups excluding carboxylic acids is 2. The van der Waals surface area contributed by atoms with Crippen molar-refractivity contribution in [2.45, 2.75) is 17.9 Å². The molecule has 1 atom stereocenters. The monoisotopic (exact) mass is 282 g/mol. The predicted octanol–water partition coefficient (Wildman–Crippen LogP) is 0.467. The highest BCUT2D eigenvalue weighted by atomic mass is 32.2. The number of carboxylic acid groups (broad SMARTS) is 1. The zero-order valence-electron chi connectivity index (χ0n) is 10.3. The van der Waals surface area contributed by atoms with Crippen LogP contribution in [-0.2, 0) is 9.59 Å². The highest BCUT2D eigenvalue weighted by molar-refractivity contribution is 8.00. The third kappa shape index (κ3) is 4.63. The van der Waals surface area contributed by atoms with E-state index < -0.39 is 23.8 Å². The molecule has 0 fully saturated rings. The second kappa shape index (κ2) is 6.79. The number of hydrogen-bond acceptors (Lipinski definition) is 4. The first-order chi connectivity index (χ1) is 8.91. The number of carboxylic acids is 1. The number of amides is 2. The minimum atomic E-state index is -1.12. The van der Waals surface area contributed by atoms with Gasteiger partial charge in [-0.05, 0) is 19.1 Å². The van der Waals surface area contributed by atoms with Gasteiger partial charge in [-0.2, -0.15) is 0 Å². The number of carbonyl (C=O) groups is 3. The molecule has 102 valence electrons. The fourth-order valence-corrected chi connectivity index (χ4v) is 2.05. The molecule has 0 aliphatic rings. The summed E-state index contributed by atoms with van der Waals surface area (Å²) in [5.74, 6) is -2.05. The number of benzene rings is 1. The van der Waals surface area contributed by atoms with E-state index in [1.54, 1.807) is 24.3 Å². The van der Waals surface area contributed by atoms with Gasteiger partial charge in [0.15, 0.2) is 0 Å². The van der Waals surface area contributed by atoms with Crippen molar-refractivity contribution in [1.82, 2.24) is 5.32 Å². The van der Waals surface area contributed by atoms with Crippen molar-refractivity contribution in [2.75, 3.05) is 5.75 Å². The first-order valence-electron chi connectivity index (χ1n) is 5.45. The van der Waals surface area contributed by atoms with Crippen molar-refractivity contribution >= 4 is 29.5 Å². The number of thioether (sulfide) groups is 1. The minimum absolute atomic E-state index is 0.0543. The lowest BCUT2D eigenvalue weighted by molar-refractivity contribution is -0.138. The van der Waals surface area contributed by atoms with E-state index in [9.17, 15) is 14.4 Å². The molecule has 4 N–H and O–H groups in total. The molecule has 6 nitrogen and oxygen atoms in total. The smallest absolute Gasteiger partial charge is 0.325 e. The van der Waals surface area contributed by atoms with Crippen LogP contribution in [0.5, 0.6) is 0 Å². The summed E-state index contributed by atoms with van der Waals surface area (Å²) in [5, 5.41) is 11.1. The maximum atomic E-state index is 11.9. The second-order valence-electron chi connectivity index (χ2n) is 3.78. The fraction of sp³-hybridized carbons (Fsp3) is 0.250. The molecular formula is C12H14N2O4S. The lowest BCUT2D eigenvalue weighted by atomic mass is 10.2. The molecule has 0 spiro atoms. The summed E-state index contributed by atoms with van der Waals surface area (Å²) in [6, 6.07) is 5.64. The summed E-state index contributed by atoms with van der Waals surface area (Å²) in [6.07, 6.45) is 0. The van der Waals surface area contributed by atoms with Gasteiger partial charge in [-0.3, -0.25) is 14.4 Å². The van der Waals surface area contributed by atoms with E-state index in [-0.39, 0.29) is 5.75 Å². The Bertz CT molecular complexity index is 504. The Labute approximate surface area is 114 Å². The van der Waals surface area contributed by atoms with Crippen LogP contribution in [-0.4, -0.2) is 34.7 Å². The maximum absolute atomic E-state index is 11.9. The molecule has 0 heterocycles. The Hall–Kier alpha value is -2.02. The zero-order chi connectivity index (χ0) is 14.4. The van der Waals surface area contributed by atoms with E-state index in [2.05, 4.69) is 5.32 Å². The third-order valence-corrected chi connectivity index (χ3v) is 3.32. The molecule has 0 radical (unpaired) electrons. The highest BCUT2D eigenvalue weighted by Crippen LogP contribution is 2.22. The number of primary amides is 1. The number of rotatable bonds is 6. The molecule has 1 rings (SSSR count). The van der Waals surface area contributed by atoms with Gasteiger partial charge in [0, 0.05) is 4.90 Å². The molecule has 0 aliphatic heterocycles. The molecule has 1 aromatic rings. The molecule has 0 unspecified atom stereocenters. The Morgan fingerprint density at radius 1 is 1.37 bits per heavy atom. The van der Waals surface area contributed by atoms with Gasteiger partial charge in [-0.1, -0.05) is 12.1 Å². The molecule has 2 amide bonds. The minimum Gasteiger partial charge on any atom is -0.480 e. The fourth-order valence-electron chi connectivity index (χ4n) is 1.27. The number of hydrogen-bond donors (Lipinski definition) is 3. The van der Waals surface area contributed by atoms with Gasteiger partial charge < -0.3 is 16.2 Å². The Morgan fingerprint density at radius 2 is 2.00 bits per heavy atom. The van der Waals surface area contributed by atoms with E-state index >= 15 is 0 Å². The van der Waals surface area contributed by atoms with Gasteiger partial charge in [-0.15, -0.1) is 11.8 Å². The molecular weight excluding hydrogens is 268 g/mol. The first kappa shape index (κ1) is 15.0. The average molecular weight is 282 g/mol. The van der Waals surface area contributed by atoms with Gasteiger partial charge in [0.1, 0.15) is 6.04 Å². The molecule has 0 aliphatic carbocycles. The molecule has 1 aromatic carbocycles. The zero-order valence-corrected chi connectivity index (χ0v) is 11.1. The van der Waals surface area contributed by atoms with Crippen LogP contribution in [0.15, 0.2) is 29.2 Å². The number of nitrogens with one attached hydrogen (secondary N) is 1. The van der Waals surface area contributed by atoms with Crippen LogP contribution < -0.4 is 11.1 Å². The van der Waals surface area contributed by atoms with Crippen molar-refractivity contribution in [3.05, 3.63) is 29.8 Å². The van der Waals surface area contributed by atoms with Crippen molar-refractivity contribution in [2.24, 2.45) is 5.73 Å². The topological polar surface area (TPSA) is 109 Å². The quantitative estimate of drug-likeness (QED) is 0.657. The van der Waals surface area contributed by atoms with Crippen LogP contribution in [0.2, 0.25) is 0 Å². The first-order valence-corrected chi connectivity index (χ1v) is 6.44. The van der Waals surface area contributed by atoms with Crippen LogP contribution in [0.1, 0.15) is 17.3 Å². The second-order valence-corrected chi connectivity index (χ2v) is 4.80. The number of aliphatic carboxylic acids is 1. The SMILES string of the molecule is C[C@@H](NC(=O)c1ccccc1SCC(N)=O)C(=O)O. The lowest BCUT2D eigenvalue weighted by Crippen LogP contribution is -2.38. The van der Waals surface area contributed by atoms with Gasteiger partial charge in [0.05, 0.1) is 11.3 Å². The van der Waals surface area contributed by atoms with Crippen molar-refractivity contribution in [3.8, 4) is 0 Å².